The van der Waals surface area contributed by atoms with Gasteiger partial charge in [0.25, 0.3) is 0 Å². The van der Waals surface area contributed by atoms with E-state index in [2.05, 4.69) is 26.0 Å². The lowest BCUT2D eigenvalue weighted by Gasteiger charge is -2.41. The number of esters is 1. The Balaban J connectivity index is 1.64. The zero-order valence-corrected chi connectivity index (χ0v) is 24.6. The minimum atomic E-state index is -0.949. The third kappa shape index (κ3) is 4.91. The Morgan fingerprint density at radius 2 is 1.85 bits per heavy atom. The Kier molecular flexibility index (Phi) is 8.48. The van der Waals surface area contributed by atoms with Gasteiger partial charge >= 0.3 is 5.97 Å². The van der Waals surface area contributed by atoms with Crippen LogP contribution in [0.25, 0.3) is 0 Å². The molecule has 0 saturated carbocycles. The summed E-state index contributed by atoms with van der Waals surface area (Å²) in [4.78, 5) is 46.5. The van der Waals surface area contributed by atoms with Gasteiger partial charge in [0.05, 0.1) is 35.8 Å². The quantitative estimate of drug-likeness (QED) is 0.394. The Morgan fingerprint density at radius 1 is 1.07 bits per heavy atom. The van der Waals surface area contributed by atoms with E-state index >= 15 is 0 Å². The van der Waals surface area contributed by atoms with Crippen LogP contribution in [-0.2, 0) is 25.5 Å². The van der Waals surface area contributed by atoms with Gasteiger partial charge in [0.2, 0.25) is 11.8 Å². The number of aliphatic hydroxyl groups excluding tert-OH is 1. The maximum atomic E-state index is 14.7. The van der Waals surface area contributed by atoms with Crippen LogP contribution in [0.3, 0.4) is 0 Å². The van der Waals surface area contributed by atoms with Crippen molar-refractivity contribution in [2.45, 2.75) is 86.9 Å². The second kappa shape index (κ2) is 11.7. The summed E-state index contributed by atoms with van der Waals surface area (Å²) < 4.78 is 4.12. The van der Waals surface area contributed by atoms with Crippen molar-refractivity contribution in [3.05, 3.63) is 60.2 Å². The molecule has 1 N–H and O–H groups in total. The fraction of sp³-hybridized carbons (Fsp3) is 0.594. The molecule has 1 aromatic rings. The van der Waals surface area contributed by atoms with Crippen molar-refractivity contribution < 1.29 is 24.2 Å². The Morgan fingerprint density at radius 3 is 2.58 bits per heavy atom. The number of thioether (sulfide) groups is 1. The number of rotatable bonds is 7. The van der Waals surface area contributed by atoms with Crippen molar-refractivity contribution in [2.75, 3.05) is 19.8 Å². The van der Waals surface area contributed by atoms with Crippen LogP contribution in [0.15, 0.2) is 54.6 Å². The van der Waals surface area contributed by atoms with Gasteiger partial charge in [0.15, 0.2) is 0 Å². The molecule has 4 aliphatic heterocycles. The zero-order valence-electron chi connectivity index (χ0n) is 23.8. The summed E-state index contributed by atoms with van der Waals surface area (Å²) in [6.07, 6.45) is 13.0. The first-order valence-electron chi connectivity index (χ1n) is 14.8. The predicted molar refractivity (Wildman–Crippen MR) is 157 cm³/mol. The van der Waals surface area contributed by atoms with Gasteiger partial charge in [-0.3, -0.25) is 14.4 Å². The number of ether oxygens (including phenoxy) is 1. The van der Waals surface area contributed by atoms with Crippen LogP contribution in [0.1, 0.15) is 58.4 Å². The van der Waals surface area contributed by atoms with Crippen LogP contribution in [-0.4, -0.2) is 80.1 Å². The molecule has 2 unspecified atom stereocenters. The number of hydrogen-bond donors (Lipinski definition) is 1. The molecular weight excluding hydrogens is 524 g/mol. The number of allylic oxidation sites excluding steroid dienone is 1. The summed E-state index contributed by atoms with van der Waals surface area (Å²) in [5.41, 5.74) is 0.979. The Bertz CT molecular complexity index is 1170. The summed E-state index contributed by atoms with van der Waals surface area (Å²) >= 11 is 1.56. The predicted octanol–water partition coefficient (Wildman–Crippen LogP) is 4.15. The molecule has 0 radical (unpaired) electrons. The van der Waals surface area contributed by atoms with Gasteiger partial charge in [-0.2, -0.15) is 0 Å². The number of fused-ring (bicyclic) bond motifs is 2. The number of nitrogens with zero attached hydrogens (tertiary/aromatic N) is 2. The summed E-state index contributed by atoms with van der Waals surface area (Å²) in [5.74, 6) is -2.23. The summed E-state index contributed by atoms with van der Waals surface area (Å²) in [5, 5.41) is 10.7. The number of carbonyl (C=O) groups excluding carboxylic acids is 3. The molecule has 0 aliphatic carbocycles. The molecule has 4 aliphatic rings. The molecule has 8 heteroatoms. The third-order valence-corrected chi connectivity index (χ3v) is 10.9. The van der Waals surface area contributed by atoms with Gasteiger partial charge in [0, 0.05) is 17.3 Å². The van der Waals surface area contributed by atoms with E-state index < -0.39 is 33.4 Å². The second-order valence-corrected chi connectivity index (χ2v) is 13.7. The van der Waals surface area contributed by atoms with E-state index in [4.69, 9.17) is 4.74 Å². The van der Waals surface area contributed by atoms with Gasteiger partial charge in [-0.25, -0.2) is 0 Å². The zero-order chi connectivity index (χ0) is 28.5. The standard InChI is InChI=1S/C32H42N2O5S/c1-4-13-22(2)33-18-12-17-32-25(26-30(38)39-19-11-6-5-10-16-31(26,3)40-32)28(36)34(27(32)29(33)37)24(21-35)20-23-14-8-7-9-15-23/h7-10,12,14-17,22,24-27,35H,4-6,11,13,18-21H2,1-3H3/b16-10-/t22?,24-,25+,26-,27?,31+,32+/m1/s1. The monoisotopic (exact) mass is 566 g/mol. The Labute approximate surface area is 242 Å². The van der Waals surface area contributed by atoms with E-state index in [0.29, 0.717) is 19.6 Å². The number of benzene rings is 1. The first-order valence-corrected chi connectivity index (χ1v) is 15.6. The first kappa shape index (κ1) is 28.9. The van der Waals surface area contributed by atoms with Crippen LogP contribution in [0.4, 0.5) is 0 Å². The molecule has 0 bridgehead atoms. The van der Waals surface area contributed by atoms with Gasteiger partial charge < -0.3 is 19.6 Å². The fourth-order valence-electron chi connectivity index (χ4n) is 7.25. The maximum Gasteiger partial charge on any atom is 0.311 e. The highest BCUT2D eigenvalue weighted by Gasteiger charge is 2.74. The van der Waals surface area contributed by atoms with Crippen LogP contribution < -0.4 is 0 Å². The van der Waals surface area contributed by atoms with E-state index in [1.807, 2.05) is 54.3 Å². The molecule has 2 saturated heterocycles. The van der Waals surface area contributed by atoms with Crippen molar-refractivity contribution in [1.29, 1.82) is 0 Å². The lowest BCUT2D eigenvalue weighted by atomic mass is 9.74. The molecule has 0 aromatic heterocycles. The number of amides is 2. The van der Waals surface area contributed by atoms with Crippen molar-refractivity contribution in [3.63, 3.8) is 0 Å². The van der Waals surface area contributed by atoms with Gasteiger partial charge in [-0.05, 0) is 51.5 Å². The van der Waals surface area contributed by atoms with Crippen molar-refractivity contribution >= 4 is 29.5 Å². The lowest BCUT2D eigenvalue weighted by Crippen LogP contribution is -2.58. The molecule has 7 nitrogen and oxygen atoms in total. The molecule has 7 atom stereocenters. The molecule has 1 spiro atoms. The van der Waals surface area contributed by atoms with Crippen molar-refractivity contribution in [2.24, 2.45) is 11.8 Å². The van der Waals surface area contributed by atoms with E-state index in [0.717, 1.165) is 37.7 Å². The number of carbonyl (C=O) groups is 3. The minimum Gasteiger partial charge on any atom is -0.465 e. The number of likely N-dealkylation sites (tertiary alicyclic amines) is 1. The second-order valence-electron chi connectivity index (χ2n) is 11.9. The highest BCUT2D eigenvalue weighted by atomic mass is 32.2. The molecule has 2 fully saturated rings. The first-order chi connectivity index (χ1) is 19.3. The van der Waals surface area contributed by atoms with Crippen molar-refractivity contribution in [3.8, 4) is 0 Å². The molecule has 40 heavy (non-hydrogen) atoms. The minimum absolute atomic E-state index is 0.00237. The number of hydrogen-bond acceptors (Lipinski definition) is 6. The summed E-state index contributed by atoms with van der Waals surface area (Å²) in [6.45, 7) is 6.68. The highest BCUT2D eigenvalue weighted by Crippen LogP contribution is 2.65. The molecule has 1 aromatic carbocycles. The third-order valence-electron chi connectivity index (χ3n) is 9.13. The van der Waals surface area contributed by atoms with E-state index in [1.54, 1.807) is 16.7 Å². The average Bonchev–Trinajstić information content (AvgIpc) is 3.27. The summed E-state index contributed by atoms with van der Waals surface area (Å²) in [6, 6.07) is 8.32. The largest absolute Gasteiger partial charge is 0.465 e. The molecule has 4 heterocycles. The fourth-order valence-corrected chi connectivity index (χ4v) is 9.39. The normalized spacial score (nSPS) is 34.4. The topological polar surface area (TPSA) is 87.2 Å². The number of cyclic esters (lactones) is 1. The van der Waals surface area contributed by atoms with E-state index in [9.17, 15) is 19.5 Å². The molecule has 216 valence electrons. The van der Waals surface area contributed by atoms with Gasteiger partial charge in [0.1, 0.15) is 6.04 Å². The lowest BCUT2D eigenvalue weighted by molar-refractivity contribution is -0.155. The average molecular weight is 567 g/mol. The van der Waals surface area contributed by atoms with Gasteiger partial charge in [-0.15, -0.1) is 11.8 Å². The van der Waals surface area contributed by atoms with Crippen LogP contribution in [0, 0.1) is 11.8 Å². The molecule has 2 amide bonds. The number of aliphatic hydroxyl groups is 1. The SMILES string of the molecule is CCCC(C)N1CC=C[C@]23S[C@@]4(C)/C=C\CCCCOC(=O)[C@H]4[C@H]2C(=O)N([C@@H](CO)Cc2ccccc2)C3C1=O. The van der Waals surface area contributed by atoms with Gasteiger partial charge in [-0.1, -0.05) is 68.0 Å². The maximum absolute atomic E-state index is 14.7. The smallest absolute Gasteiger partial charge is 0.311 e. The van der Waals surface area contributed by atoms with E-state index in [-0.39, 0.29) is 30.4 Å². The van der Waals surface area contributed by atoms with Crippen LogP contribution >= 0.6 is 11.8 Å². The summed E-state index contributed by atoms with van der Waals surface area (Å²) in [7, 11) is 0. The van der Waals surface area contributed by atoms with Crippen molar-refractivity contribution in [1.82, 2.24) is 9.80 Å². The van der Waals surface area contributed by atoms with Crippen LogP contribution in [0.5, 0.6) is 0 Å². The van der Waals surface area contributed by atoms with Crippen LogP contribution in [0.2, 0.25) is 0 Å². The Hall–Kier alpha value is -2.58. The molecule has 5 rings (SSSR count). The van der Waals surface area contributed by atoms with E-state index in [1.165, 1.54) is 0 Å². The highest BCUT2D eigenvalue weighted by molar-refractivity contribution is 8.02. The molecular formula is C32H42N2O5S.